The molecule has 0 heterocycles. The molecule has 0 spiro atoms. The molecule has 0 aliphatic heterocycles. The lowest BCUT2D eigenvalue weighted by Crippen LogP contribution is -2.53. The van der Waals surface area contributed by atoms with Crippen molar-refractivity contribution >= 4 is 15.9 Å². The third kappa shape index (κ3) is 7.46. The molecule has 6 heteroatoms. The first-order valence-electron chi connectivity index (χ1n) is 5.49. The van der Waals surface area contributed by atoms with Gasteiger partial charge in [-0.3, -0.25) is 9.35 Å². The largest absolute Gasteiger partial charge is 0.302 e. The summed E-state index contributed by atoms with van der Waals surface area (Å²) in [6.07, 6.45) is 0. The summed E-state index contributed by atoms with van der Waals surface area (Å²) >= 11 is 0. The summed E-state index contributed by atoms with van der Waals surface area (Å²) in [6, 6.07) is -0.898. The lowest BCUT2D eigenvalue weighted by molar-refractivity contribution is -0.128. The predicted octanol–water partition coefficient (Wildman–Crippen LogP) is 1.25. The van der Waals surface area contributed by atoms with Gasteiger partial charge in [0.1, 0.15) is 0 Å². The molecule has 0 saturated heterocycles. The van der Waals surface area contributed by atoms with Crippen molar-refractivity contribution in [1.82, 2.24) is 5.32 Å². The molecule has 0 aliphatic rings. The fraction of sp³-hybridized carbons (Fsp3) is 0.909. The van der Waals surface area contributed by atoms with Crippen LogP contribution < -0.4 is 5.32 Å². The zero-order valence-corrected chi connectivity index (χ0v) is 12.2. The molecule has 0 unspecified atom stereocenters. The molecule has 0 rings (SSSR count). The number of rotatable bonds is 4. The van der Waals surface area contributed by atoms with E-state index in [1.165, 1.54) is 0 Å². The number of carbonyl (C=O) groups is 1. The normalized spacial score (nSPS) is 15.7. The molecule has 0 aromatic rings. The minimum atomic E-state index is -4.18. The Balaban J connectivity index is 5.07. The van der Waals surface area contributed by atoms with E-state index in [-0.39, 0.29) is 5.78 Å². The van der Waals surface area contributed by atoms with Gasteiger partial charge in [0.05, 0.1) is 11.8 Å². The van der Waals surface area contributed by atoms with E-state index in [4.69, 9.17) is 4.55 Å². The highest BCUT2D eigenvalue weighted by Crippen LogP contribution is 2.19. The molecule has 0 bridgehead atoms. The van der Waals surface area contributed by atoms with Crippen LogP contribution in [-0.4, -0.2) is 36.1 Å². The van der Waals surface area contributed by atoms with Crippen molar-refractivity contribution in [2.75, 3.05) is 5.75 Å². The smallest absolute Gasteiger partial charge is 0.266 e. The van der Waals surface area contributed by atoms with Crippen molar-refractivity contribution in [3.05, 3.63) is 0 Å². The second-order valence-electron chi connectivity index (χ2n) is 6.31. The standard InChI is InChI=1S/C11H23NO4S/c1-10(2,3)9(13)8(7-17(14,15)16)12-11(4,5)6/h8,12H,7H2,1-6H3,(H,14,15,16)/t8-/m0/s1. The Hall–Kier alpha value is -0.460. The Morgan fingerprint density at radius 1 is 1.18 bits per heavy atom. The first kappa shape index (κ1) is 16.5. The van der Waals surface area contributed by atoms with Gasteiger partial charge in [0.25, 0.3) is 10.1 Å². The van der Waals surface area contributed by atoms with Crippen LogP contribution in [0.15, 0.2) is 0 Å². The predicted molar refractivity (Wildman–Crippen MR) is 67.6 cm³/mol. The fourth-order valence-electron chi connectivity index (χ4n) is 1.44. The van der Waals surface area contributed by atoms with Crippen LogP contribution in [0.1, 0.15) is 41.5 Å². The first-order chi connectivity index (χ1) is 7.22. The van der Waals surface area contributed by atoms with Crippen molar-refractivity contribution in [1.29, 1.82) is 0 Å². The summed E-state index contributed by atoms with van der Waals surface area (Å²) in [5, 5.41) is 2.93. The average molecular weight is 265 g/mol. The van der Waals surface area contributed by atoms with Crippen molar-refractivity contribution in [3.8, 4) is 0 Å². The first-order valence-corrected chi connectivity index (χ1v) is 7.10. The zero-order valence-electron chi connectivity index (χ0n) is 11.4. The number of ketones is 1. The van der Waals surface area contributed by atoms with E-state index in [0.29, 0.717) is 0 Å². The molecule has 0 amide bonds. The molecule has 102 valence electrons. The Labute approximate surface area is 104 Å². The molecule has 17 heavy (non-hydrogen) atoms. The van der Waals surface area contributed by atoms with Gasteiger partial charge in [-0.25, -0.2) is 0 Å². The summed E-state index contributed by atoms with van der Waals surface area (Å²) in [5.74, 6) is -0.828. The summed E-state index contributed by atoms with van der Waals surface area (Å²) in [4.78, 5) is 12.1. The zero-order chi connectivity index (χ0) is 14.1. The molecule has 0 aromatic heterocycles. The highest BCUT2D eigenvalue weighted by atomic mass is 32.2. The lowest BCUT2D eigenvalue weighted by atomic mass is 9.86. The third-order valence-electron chi connectivity index (χ3n) is 2.04. The van der Waals surface area contributed by atoms with Crippen LogP contribution in [0, 0.1) is 5.41 Å². The molecular weight excluding hydrogens is 242 g/mol. The van der Waals surface area contributed by atoms with E-state index in [2.05, 4.69) is 5.32 Å². The maximum atomic E-state index is 12.1. The van der Waals surface area contributed by atoms with Gasteiger partial charge in [-0.05, 0) is 20.8 Å². The van der Waals surface area contributed by atoms with Crippen molar-refractivity contribution in [2.24, 2.45) is 5.41 Å². The second-order valence-corrected chi connectivity index (χ2v) is 7.81. The second kappa shape index (κ2) is 5.04. The van der Waals surface area contributed by atoms with Crippen LogP contribution in [0.4, 0.5) is 0 Å². The Bertz CT molecular complexity index is 373. The van der Waals surface area contributed by atoms with Crippen LogP contribution in [-0.2, 0) is 14.9 Å². The molecule has 5 nitrogen and oxygen atoms in total. The van der Waals surface area contributed by atoms with Crippen molar-refractivity contribution in [2.45, 2.75) is 53.1 Å². The summed E-state index contributed by atoms with van der Waals surface area (Å²) in [5.41, 5.74) is -1.07. The molecule has 0 aromatic carbocycles. The van der Waals surface area contributed by atoms with Gasteiger partial charge in [-0.15, -0.1) is 0 Å². The number of carbonyl (C=O) groups excluding carboxylic acids is 1. The maximum Gasteiger partial charge on any atom is 0.266 e. The number of hydrogen-bond acceptors (Lipinski definition) is 4. The minimum absolute atomic E-state index is 0.231. The van der Waals surface area contributed by atoms with Gasteiger partial charge in [-0.2, -0.15) is 8.42 Å². The summed E-state index contributed by atoms with van der Waals surface area (Å²) in [7, 11) is -4.18. The van der Waals surface area contributed by atoms with E-state index >= 15 is 0 Å². The molecular formula is C11H23NO4S. The van der Waals surface area contributed by atoms with Crippen LogP contribution >= 0.6 is 0 Å². The molecule has 2 N–H and O–H groups in total. The van der Waals surface area contributed by atoms with Gasteiger partial charge in [0, 0.05) is 11.0 Å². The van der Waals surface area contributed by atoms with Gasteiger partial charge >= 0.3 is 0 Å². The van der Waals surface area contributed by atoms with Crippen molar-refractivity contribution in [3.63, 3.8) is 0 Å². The highest BCUT2D eigenvalue weighted by Gasteiger charge is 2.34. The Kier molecular flexibility index (Phi) is 4.90. The quantitative estimate of drug-likeness (QED) is 0.747. The van der Waals surface area contributed by atoms with Gasteiger partial charge in [0.15, 0.2) is 5.78 Å². The van der Waals surface area contributed by atoms with E-state index < -0.39 is 32.9 Å². The highest BCUT2D eigenvalue weighted by molar-refractivity contribution is 7.85. The van der Waals surface area contributed by atoms with E-state index in [1.807, 2.05) is 20.8 Å². The van der Waals surface area contributed by atoms with Crippen LogP contribution in [0.25, 0.3) is 0 Å². The summed E-state index contributed by atoms with van der Waals surface area (Å²) < 4.78 is 30.7. The van der Waals surface area contributed by atoms with Gasteiger partial charge in [-0.1, -0.05) is 20.8 Å². The van der Waals surface area contributed by atoms with Crippen LogP contribution in [0.3, 0.4) is 0 Å². The monoisotopic (exact) mass is 265 g/mol. The molecule has 1 atom stereocenters. The van der Waals surface area contributed by atoms with E-state index in [9.17, 15) is 13.2 Å². The Morgan fingerprint density at radius 2 is 1.59 bits per heavy atom. The number of nitrogens with one attached hydrogen (secondary N) is 1. The summed E-state index contributed by atoms with van der Waals surface area (Å²) in [6.45, 7) is 10.7. The number of Topliss-reactive ketones (excluding diaryl/α,β-unsaturated/α-hetero) is 1. The molecule has 0 saturated carbocycles. The van der Waals surface area contributed by atoms with Crippen LogP contribution in [0.2, 0.25) is 0 Å². The van der Waals surface area contributed by atoms with Gasteiger partial charge in [0.2, 0.25) is 0 Å². The molecule has 0 aliphatic carbocycles. The van der Waals surface area contributed by atoms with Crippen LogP contribution in [0.5, 0.6) is 0 Å². The SMILES string of the molecule is CC(C)(C)N[C@@H](CS(=O)(=O)O)C(=O)C(C)(C)C. The maximum absolute atomic E-state index is 12.1. The van der Waals surface area contributed by atoms with E-state index in [1.54, 1.807) is 20.8 Å². The average Bonchev–Trinajstić information content (AvgIpc) is 1.94. The van der Waals surface area contributed by atoms with Gasteiger partial charge < -0.3 is 5.32 Å². The van der Waals surface area contributed by atoms with Crippen molar-refractivity contribution < 1.29 is 17.8 Å². The third-order valence-corrected chi connectivity index (χ3v) is 2.79. The number of hydrogen-bond donors (Lipinski definition) is 2. The molecule has 0 radical (unpaired) electrons. The minimum Gasteiger partial charge on any atom is -0.302 e. The fourth-order valence-corrected chi connectivity index (χ4v) is 2.09. The lowest BCUT2D eigenvalue weighted by Gasteiger charge is -2.31. The Morgan fingerprint density at radius 3 is 1.82 bits per heavy atom. The topological polar surface area (TPSA) is 83.5 Å². The van der Waals surface area contributed by atoms with E-state index in [0.717, 1.165) is 0 Å². The molecule has 0 fully saturated rings.